The number of rotatable bonds is 13. The number of carbonyl (C=O) groups excluding carboxylic acids is 1. The lowest BCUT2D eigenvalue weighted by Gasteiger charge is -2.34. The third kappa shape index (κ3) is 9.05. The number of amides is 1. The molecule has 3 nitrogen and oxygen atoms in total. The van der Waals surface area contributed by atoms with Gasteiger partial charge in [0, 0.05) is 32.1 Å². The Labute approximate surface area is 151 Å². The Bertz CT molecular complexity index is 311. The first-order valence-corrected chi connectivity index (χ1v) is 10.7. The first kappa shape index (κ1) is 21.5. The van der Waals surface area contributed by atoms with Crippen LogP contribution in [0.3, 0.4) is 0 Å². The van der Waals surface area contributed by atoms with E-state index in [1.807, 2.05) is 0 Å². The minimum Gasteiger partial charge on any atom is -0.340 e. The van der Waals surface area contributed by atoms with Crippen molar-refractivity contribution >= 4 is 5.91 Å². The maximum absolute atomic E-state index is 12.9. The van der Waals surface area contributed by atoms with Gasteiger partial charge in [-0.05, 0) is 19.9 Å². The summed E-state index contributed by atoms with van der Waals surface area (Å²) < 4.78 is 0. The van der Waals surface area contributed by atoms with E-state index in [1.165, 1.54) is 64.2 Å². The van der Waals surface area contributed by atoms with Gasteiger partial charge in [-0.15, -0.1) is 0 Å². The van der Waals surface area contributed by atoms with Crippen LogP contribution in [0.2, 0.25) is 0 Å². The summed E-state index contributed by atoms with van der Waals surface area (Å²) in [7, 11) is 2.15. The molecule has 1 saturated heterocycles. The fourth-order valence-corrected chi connectivity index (χ4v) is 3.66. The number of nitrogens with zero attached hydrogens (tertiary/aromatic N) is 2. The standard InChI is InChI=1S/C21H42N2O/c1-4-6-8-10-11-13-15-20(14-12-9-7-5-2)21(24)23-18-16-22(3)17-19-23/h20H,4-19H2,1-3H3. The second-order valence-electron chi connectivity index (χ2n) is 7.73. The molecular weight excluding hydrogens is 296 g/mol. The predicted molar refractivity (Wildman–Crippen MR) is 104 cm³/mol. The first-order chi connectivity index (χ1) is 11.7. The molecule has 24 heavy (non-hydrogen) atoms. The van der Waals surface area contributed by atoms with Crippen LogP contribution in [0, 0.1) is 5.92 Å². The number of hydrogen-bond acceptors (Lipinski definition) is 2. The van der Waals surface area contributed by atoms with Gasteiger partial charge in [0.2, 0.25) is 5.91 Å². The van der Waals surface area contributed by atoms with E-state index in [-0.39, 0.29) is 5.92 Å². The smallest absolute Gasteiger partial charge is 0.225 e. The second kappa shape index (κ2) is 13.7. The van der Waals surface area contributed by atoms with Crippen molar-refractivity contribution in [2.75, 3.05) is 33.2 Å². The molecule has 3 heteroatoms. The van der Waals surface area contributed by atoms with Crippen LogP contribution in [0.4, 0.5) is 0 Å². The highest BCUT2D eigenvalue weighted by molar-refractivity contribution is 5.78. The van der Waals surface area contributed by atoms with Gasteiger partial charge in [0.25, 0.3) is 0 Å². The summed E-state index contributed by atoms with van der Waals surface area (Å²) in [5, 5.41) is 0. The zero-order valence-corrected chi connectivity index (χ0v) is 16.7. The van der Waals surface area contributed by atoms with Crippen LogP contribution in [-0.4, -0.2) is 48.9 Å². The highest BCUT2D eigenvalue weighted by Crippen LogP contribution is 2.22. The molecule has 1 atom stereocenters. The van der Waals surface area contributed by atoms with Crippen LogP contribution in [0.5, 0.6) is 0 Å². The summed E-state index contributed by atoms with van der Waals surface area (Å²) >= 11 is 0. The van der Waals surface area contributed by atoms with E-state index in [0.717, 1.165) is 39.0 Å². The molecule has 0 aliphatic carbocycles. The summed E-state index contributed by atoms with van der Waals surface area (Å²) in [5.41, 5.74) is 0. The highest BCUT2D eigenvalue weighted by atomic mass is 16.2. The normalized spacial score (nSPS) is 17.2. The van der Waals surface area contributed by atoms with E-state index < -0.39 is 0 Å². The molecule has 1 aliphatic heterocycles. The van der Waals surface area contributed by atoms with E-state index in [0.29, 0.717) is 5.91 Å². The maximum atomic E-state index is 12.9. The van der Waals surface area contributed by atoms with Crippen molar-refractivity contribution in [3.63, 3.8) is 0 Å². The van der Waals surface area contributed by atoms with Gasteiger partial charge in [-0.2, -0.15) is 0 Å². The third-order valence-electron chi connectivity index (χ3n) is 5.48. The van der Waals surface area contributed by atoms with Crippen LogP contribution in [0.25, 0.3) is 0 Å². The molecular formula is C21H42N2O. The summed E-state index contributed by atoms with van der Waals surface area (Å²) in [5.74, 6) is 0.740. The molecule has 0 aromatic heterocycles. The van der Waals surface area contributed by atoms with Crippen molar-refractivity contribution in [1.82, 2.24) is 9.80 Å². The predicted octanol–water partition coefficient (Wildman–Crippen LogP) is 5.10. The van der Waals surface area contributed by atoms with Crippen molar-refractivity contribution in [2.24, 2.45) is 5.92 Å². The van der Waals surface area contributed by atoms with Crippen molar-refractivity contribution in [3.8, 4) is 0 Å². The summed E-state index contributed by atoms with van der Waals surface area (Å²) in [4.78, 5) is 17.4. The summed E-state index contributed by atoms with van der Waals surface area (Å²) in [6.45, 7) is 8.44. The SMILES string of the molecule is CCCCCCCCC(CCCCCC)C(=O)N1CCN(C)CC1. The molecule has 1 fully saturated rings. The van der Waals surface area contributed by atoms with Gasteiger partial charge >= 0.3 is 0 Å². The van der Waals surface area contributed by atoms with Crippen LogP contribution < -0.4 is 0 Å². The topological polar surface area (TPSA) is 23.6 Å². The lowest BCUT2D eigenvalue weighted by molar-refractivity contribution is -0.137. The molecule has 0 aromatic rings. The van der Waals surface area contributed by atoms with E-state index in [2.05, 4.69) is 30.7 Å². The Morgan fingerprint density at radius 3 is 1.75 bits per heavy atom. The van der Waals surface area contributed by atoms with E-state index in [1.54, 1.807) is 0 Å². The van der Waals surface area contributed by atoms with Gasteiger partial charge in [0.15, 0.2) is 0 Å². The number of carbonyl (C=O) groups is 1. The van der Waals surface area contributed by atoms with Crippen molar-refractivity contribution in [1.29, 1.82) is 0 Å². The average molecular weight is 339 g/mol. The van der Waals surface area contributed by atoms with E-state index in [4.69, 9.17) is 0 Å². The average Bonchev–Trinajstić information content (AvgIpc) is 2.60. The van der Waals surface area contributed by atoms with Crippen LogP contribution >= 0.6 is 0 Å². The molecule has 0 radical (unpaired) electrons. The monoisotopic (exact) mass is 338 g/mol. The maximum Gasteiger partial charge on any atom is 0.225 e. The lowest BCUT2D eigenvalue weighted by atomic mass is 9.92. The Morgan fingerprint density at radius 2 is 1.21 bits per heavy atom. The van der Waals surface area contributed by atoms with Gasteiger partial charge in [0.1, 0.15) is 0 Å². The quantitative estimate of drug-likeness (QED) is 0.436. The Balaban J connectivity index is 2.36. The fraction of sp³-hybridized carbons (Fsp3) is 0.952. The lowest BCUT2D eigenvalue weighted by Crippen LogP contribution is -2.49. The molecule has 0 N–H and O–H groups in total. The Morgan fingerprint density at radius 1 is 0.750 bits per heavy atom. The van der Waals surface area contributed by atoms with E-state index in [9.17, 15) is 4.79 Å². The third-order valence-corrected chi connectivity index (χ3v) is 5.48. The van der Waals surface area contributed by atoms with Crippen molar-refractivity contribution in [2.45, 2.75) is 90.9 Å². The Hall–Kier alpha value is -0.570. The van der Waals surface area contributed by atoms with Crippen LogP contribution in [0.1, 0.15) is 90.9 Å². The fourth-order valence-electron chi connectivity index (χ4n) is 3.66. The van der Waals surface area contributed by atoms with Gasteiger partial charge < -0.3 is 9.80 Å². The molecule has 0 bridgehead atoms. The van der Waals surface area contributed by atoms with Gasteiger partial charge in [-0.1, -0.05) is 78.1 Å². The molecule has 0 saturated carbocycles. The minimum absolute atomic E-state index is 0.288. The zero-order chi connectivity index (χ0) is 17.6. The second-order valence-corrected chi connectivity index (χ2v) is 7.73. The van der Waals surface area contributed by atoms with Gasteiger partial charge in [-0.25, -0.2) is 0 Å². The number of likely N-dealkylation sites (N-methyl/N-ethyl adjacent to an activating group) is 1. The molecule has 0 spiro atoms. The molecule has 1 amide bonds. The number of unbranched alkanes of at least 4 members (excludes halogenated alkanes) is 8. The van der Waals surface area contributed by atoms with Gasteiger partial charge in [0.05, 0.1) is 0 Å². The Kier molecular flexibility index (Phi) is 12.2. The van der Waals surface area contributed by atoms with Gasteiger partial charge in [-0.3, -0.25) is 4.79 Å². The highest BCUT2D eigenvalue weighted by Gasteiger charge is 2.25. The largest absolute Gasteiger partial charge is 0.340 e. The molecule has 142 valence electrons. The minimum atomic E-state index is 0.288. The molecule has 1 aliphatic rings. The van der Waals surface area contributed by atoms with Crippen molar-refractivity contribution in [3.05, 3.63) is 0 Å². The number of hydrogen-bond donors (Lipinski definition) is 0. The molecule has 1 unspecified atom stereocenters. The first-order valence-electron chi connectivity index (χ1n) is 10.7. The molecule has 1 heterocycles. The summed E-state index contributed by atoms with van der Waals surface area (Å²) in [6, 6.07) is 0. The summed E-state index contributed by atoms with van der Waals surface area (Å²) in [6.07, 6.45) is 15.3. The molecule has 1 rings (SSSR count). The van der Waals surface area contributed by atoms with Crippen LogP contribution in [0.15, 0.2) is 0 Å². The molecule has 0 aromatic carbocycles. The van der Waals surface area contributed by atoms with Crippen molar-refractivity contribution < 1.29 is 4.79 Å². The van der Waals surface area contributed by atoms with E-state index >= 15 is 0 Å². The number of piperazine rings is 1. The van der Waals surface area contributed by atoms with Crippen LogP contribution in [-0.2, 0) is 4.79 Å². The zero-order valence-electron chi connectivity index (χ0n) is 16.7.